The fraction of sp³-hybridized carbons (Fsp3) is 0.484. The third kappa shape index (κ3) is 5.83. The van der Waals surface area contributed by atoms with E-state index >= 15 is 4.39 Å². The first-order valence-electron chi connectivity index (χ1n) is 12.9. The van der Waals surface area contributed by atoms with E-state index in [4.69, 9.17) is 0 Å². The first-order valence-corrected chi connectivity index (χ1v) is 12.9. The van der Waals surface area contributed by atoms with Gasteiger partial charge in [0.05, 0.1) is 0 Å². The van der Waals surface area contributed by atoms with E-state index in [0.717, 1.165) is 53.7 Å². The van der Waals surface area contributed by atoms with E-state index in [9.17, 15) is 4.39 Å². The average Bonchev–Trinajstić information content (AvgIpc) is 2.83. The summed E-state index contributed by atoms with van der Waals surface area (Å²) in [5.74, 6) is 2.41. The Kier molecular flexibility index (Phi) is 8.17. The molecule has 2 saturated carbocycles. The molecule has 0 radical (unpaired) electrons. The van der Waals surface area contributed by atoms with Crippen molar-refractivity contribution in [2.75, 3.05) is 0 Å². The van der Waals surface area contributed by atoms with Gasteiger partial charge in [-0.2, -0.15) is 0 Å². The number of halogens is 2. The molecule has 0 bridgehead atoms. The van der Waals surface area contributed by atoms with Crippen molar-refractivity contribution < 1.29 is 8.78 Å². The summed E-state index contributed by atoms with van der Waals surface area (Å²) >= 11 is 0. The zero-order chi connectivity index (χ0) is 23.2. The summed E-state index contributed by atoms with van der Waals surface area (Å²) in [5.41, 5.74) is 3.03. The predicted molar refractivity (Wildman–Crippen MR) is 135 cm³/mol. The molecular formula is C31H38F2. The number of allylic oxidation sites excluding steroid dienone is 3. The minimum Gasteiger partial charge on any atom is -0.207 e. The average molecular weight is 449 g/mol. The Hall–Kier alpha value is -2.22. The van der Waals surface area contributed by atoms with Crippen LogP contribution in [0.5, 0.6) is 0 Å². The lowest BCUT2D eigenvalue weighted by Gasteiger charge is -2.42. The molecule has 0 aromatic heterocycles. The van der Waals surface area contributed by atoms with Crippen LogP contribution in [0.4, 0.5) is 8.78 Å². The van der Waals surface area contributed by atoms with Crippen molar-refractivity contribution in [2.45, 2.75) is 77.0 Å². The van der Waals surface area contributed by atoms with Crippen LogP contribution in [0.1, 0.15) is 81.8 Å². The second kappa shape index (κ2) is 11.3. The molecule has 2 aromatic rings. The third-order valence-corrected chi connectivity index (χ3v) is 8.14. The molecule has 2 aliphatic rings. The van der Waals surface area contributed by atoms with Crippen LogP contribution in [0.15, 0.2) is 61.2 Å². The standard InChI is InChI=1S/C31H38F2/c1-3-5-7-8-22-10-11-25-19-28(15-14-24(25)18-22)29-17-16-27(21-31(29)33)26-13-12-23(9-6-4-2)30(32)20-26/h3-5,12-13,16-17,20-22,24-25,28H,2,6-11,14-15,18-19H2,1H3/b5-3+. The molecule has 0 nitrogen and oxygen atoms in total. The Bertz CT molecular complexity index is 973. The van der Waals surface area contributed by atoms with Crippen LogP contribution in [-0.2, 0) is 6.42 Å². The van der Waals surface area contributed by atoms with Gasteiger partial charge < -0.3 is 0 Å². The normalized spacial score (nSPS) is 25.2. The predicted octanol–water partition coefficient (Wildman–Crippen LogP) is 9.41. The third-order valence-electron chi connectivity index (χ3n) is 8.14. The summed E-state index contributed by atoms with van der Waals surface area (Å²) in [5, 5.41) is 0. The Morgan fingerprint density at radius 2 is 1.61 bits per heavy atom. The lowest BCUT2D eigenvalue weighted by atomic mass is 9.63. The number of aryl methyl sites for hydroxylation is 1. The molecule has 0 heterocycles. The molecule has 0 aliphatic heterocycles. The van der Waals surface area contributed by atoms with E-state index < -0.39 is 0 Å². The number of fused-ring (bicyclic) bond motifs is 1. The number of rotatable bonds is 8. The molecule has 2 aromatic carbocycles. The van der Waals surface area contributed by atoms with Gasteiger partial charge in [-0.3, -0.25) is 0 Å². The molecule has 2 heteroatoms. The second-order valence-electron chi connectivity index (χ2n) is 10.2. The highest BCUT2D eigenvalue weighted by molar-refractivity contribution is 5.64. The topological polar surface area (TPSA) is 0 Å². The van der Waals surface area contributed by atoms with E-state index in [1.165, 1.54) is 44.6 Å². The van der Waals surface area contributed by atoms with Crippen molar-refractivity contribution in [3.8, 4) is 11.1 Å². The van der Waals surface area contributed by atoms with Crippen molar-refractivity contribution in [2.24, 2.45) is 17.8 Å². The van der Waals surface area contributed by atoms with E-state index in [-0.39, 0.29) is 11.6 Å². The zero-order valence-electron chi connectivity index (χ0n) is 20.0. The second-order valence-corrected chi connectivity index (χ2v) is 10.2. The largest absolute Gasteiger partial charge is 0.207 e. The molecule has 2 fully saturated rings. The van der Waals surface area contributed by atoms with Crippen molar-refractivity contribution in [3.05, 3.63) is 84.0 Å². The Balaban J connectivity index is 1.40. The molecular weight excluding hydrogens is 410 g/mol. The maximum Gasteiger partial charge on any atom is 0.127 e. The van der Waals surface area contributed by atoms with Gasteiger partial charge in [0.1, 0.15) is 11.6 Å². The molecule has 4 atom stereocenters. The van der Waals surface area contributed by atoms with Crippen LogP contribution in [0.3, 0.4) is 0 Å². The van der Waals surface area contributed by atoms with Crippen LogP contribution < -0.4 is 0 Å². The van der Waals surface area contributed by atoms with E-state index in [1.807, 2.05) is 24.3 Å². The Morgan fingerprint density at radius 3 is 2.33 bits per heavy atom. The molecule has 176 valence electrons. The Morgan fingerprint density at radius 1 is 0.879 bits per heavy atom. The SMILES string of the molecule is C=CCCc1ccc(-c2ccc(C3CCC4CC(CC/C=C/C)CCC4C3)c(F)c2)cc1F. The number of hydrogen-bond acceptors (Lipinski definition) is 0. The minimum absolute atomic E-state index is 0.132. The van der Waals surface area contributed by atoms with E-state index in [1.54, 1.807) is 12.1 Å². The van der Waals surface area contributed by atoms with Gasteiger partial charge in [-0.1, -0.05) is 48.9 Å². The summed E-state index contributed by atoms with van der Waals surface area (Å²) in [7, 11) is 0. The number of benzene rings is 2. The maximum absolute atomic E-state index is 15.2. The lowest BCUT2D eigenvalue weighted by Crippen LogP contribution is -2.30. The number of hydrogen-bond donors (Lipinski definition) is 0. The highest BCUT2D eigenvalue weighted by Crippen LogP contribution is 2.48. The monoisotopic (exact) mass is 448 g/mol. The quantitative estimate of drug-likeness (QED) is 0.353. The first kappa shape index (κ1) is 23.9. The summed E-state index contributed by atoms with van der Waals surface area (Å²) in [6, 6.07) is 10.8. The smallest absolute Gasteiger partial charge is 0.127 e. The van der Waals surface area contributed by atoms with Gasteiger partial charge in [-0.15, -0.1) is 6.58 Å². The van der Waals surface area contributed by atoms with Crippen LogP contribution in [0.2, 0.25) is 0 Å². The maximum atomic E-state index is 15.2. The van der Waals surface area contributed by atoms with E-state index in [2.05, 4.69) is 25.7 Å². The molecule has 4 rings (SSSR count). The molecule has 0 spiro atoms. The summed E-state index contributed by atoms with van der Waals surface area (Å²) in [6.07, 6.45) is 17.6. The summed E-state index contributed by atoms with van der Waals surface area (Å²) in [4.78, 5) is 0. The van der Waals surface area contributed by atoms with Crippen molar-refractivity contribution in [1.29, 1.82) is 0 Å². The van der Waals surface area contributed by atoms with Crippen molar-refractivity contribution in [3.63, 3.8) is 0 Å². The molecule has 0 amide bonds. The molecule has 33 heavy (non-hydrogen) atoms. The fourth-order valence-electron chi connectivity index (χ4n) is 6.25. The summed E-state index contributed by atoms with van der Waals surface area (Å²) < 4.78 is 29.7. The lowest BCUT2D eigenvalue weighted by molar-refractivity contribution is 0.114. The molecule has 0 N–H and O–H groups in total. The van der Waals surface area contributed by atoms with Crippen LogP contribution in [0.25, 0.3) is 11.1 Å². The van der Waals surface area contributed by atoms with Gasteiger partial charge in [-0.05, 0) is 123 Å². The zero-order valence-corrected chi connectivity index (χ0v) is 20.0. The van der Waals surface area contributed by atoms with Gasteiger partial charge >= 0.3 is 0 Å². The van der Waals surface area contributed by atoms with Crippen LogP contribution >= 0.6 is 0 Å². The Labute approximate surface area is 198 Å². The van der Waals surface area contributed by atoms with Crippen LogP contribution in [0, 0.1) is 29.4 Å². The van der Waals surface area contributed by atoms with Gasteiger partial charge in [0.15, 0.2) is 0 Å². The first-order chi connectivity index (χ1) is 16.1. The molecule has 0 saturated heterocycles. The molecule has 2 aliphatic carbocycles. The fourth-order valence-corrected chi connectivity index (χ4v) is 6.25. The molecule has 4 unspecified atom stereocenters. The minimum atomic E-state index is -0.224. The van der Waals surface area contributed by atoms with Gasteiger partial charge in [0.2, 0.25) is 0 Å². The highest BCUT2D eigenvalue weighted by Gasteiger charge is 2.36. The highest BCUT2D eigenvalue weighted by atomic mass is 19.1. The summed E-state index contributed by atoms with van der Waals surface area (Å²) in [6.45, 7) is 5.80. The van der Waals surface area contributed by atoms with Crippen LogP contribution in [-0.4, -0.2) is 0 Å². The van der Waals surface area contributed by atoms with Gasteiger partial charge in [-0.25, -0.2) is 8.78 Å². The van der Waals surface area contributed by atoms with E-state index in [0.29, 0.717) is 17.9 Å². The van der Waals surface area contributed by atoms with Gasteiger partial charge in [0.25, 0.3) is 0 Å². The van der Waals surface area contributed by atoms with Crippen molar-refractivity contribution in [1.82, 2.24) is 0 Å². The van der Waals surface area contributed by atoms with Gasteiger partial charge in [0, 0.05) is 0 Å². The van der Waals surface area contributed by atoms with Crippen molar-refractivity contribution >= 4 is 0 Å².